The highest BCUT2D eigenvalue weighted by molar-refractivity contribution is 9.10. The zero-order chi connectivity index (χ0) is 30.4. The number of methoxy groups -OCH3 is 1. The third-order valence-electron chi connectivity index (χ3n) is 7.25. The highest BCUT2D eigenvalue weighted by atomic mass is 79.9. The molecule has 4 aromatic rings. The summed E-state index contributed by atoms with van der Waals surface area (Å²) in [6, 6.07) is 19.3. The number of nitrogens with one attached hydrogen (secondary N) is 1. The molecule has 43 heavy (non-hydrogen) atoms. The number of amides is 3. The normalized spacial score (nSPS) is 19.1. The molecule has 0 radical (unpaired) electrons. The smallest absolute Gasteiger partial charge is 0.308 e. The zero-order valence-electron chi connectivity index (χ0n) is 22.3. The number of imide groups is 1. The number of aromatic nitrogens is 1. The number of benzene rings is 3. The molecule has 1 fully saturated rings. The van der Waals surface area contributed by atoms with Crippen molar-refractivity contribution < 1.29 is 24.0 Å². The lowest BCUT2D eigenvalue weighted by Gasteiger charge is -2.30. The highest BCUT2D eigenvalue weighted by Gasteiger charge is 2.56. The summed E-state index contributed by atoms with van der Waals surface area (Å²) in [7, 11) is 1.54. The molecule has 1 N–H and O–H groups in total. The second-order valence-corrected chi connectivity index (χ2v) is 12.8. The number of anilines is 2. The van der Waals surface area contributed by atoms with E-state index >= 15 is 0 Å². The Morgan fingerprint density at radius 3 is 2.42 bits per heavy atom. The number of thiazole rings is 1. The molecule has 3 aromatic carbocycles. The molecular formula is C29H21BrN4O7S2. The van der Waals surface area contributed by atoms with Crippen molar-refractivity contribution in [3.8, 4) is 5.75 Å². The van der Waals surface area contributed by atoms with Crippen LogP contribution in [0.3, 0.4) is 0 Å². The number of hydrogen-bond acceptors (Lipinski definition) is 9. The third-order valence-corrected chi connectivity index (χ3v) is 10.3. The first-order valence-electron chi connectivity index (χ1n) is 12.9. The molecule has 0 saturated carbocycles. The van der Waals surface area contributed by atoms with Crippen LogP contribution in [-0.2, 0) is 20.9 Å². The Morgan fingerprint density at radius 1 is 1.05 bits per heavy atom. The number of hydrogen-bond donors (Lipinski definition) is 1. The Bertz CT molecular complexity index is 1840. The molecule has 3 amide bonds. The number of nitro groups is 1. The van der Waals surface area contributed by atoms with E-state index in [1.807, 2.05) is 24.3 Å². The Balaban J connectivity index is 1.38. The van der Waals surface area contributed by atoms with Gasteiger partial charge in [-0.2, -0.15) is 0 Å². The van der Waals surface area contributed by atoms with Crippen molar-refractivity contribution in [2.75, 3.05) is 17.3 Å². The summed E-state index contributed by atoms with van der Waals surface area (Å²) < 4.78 is 7.25. The molecule has 218 valence electrons. The standard InChI is InChI=1S/C29H21BrN4O7S2/c1-41-20-11-5-17(6-12-20)31-21(35)14-32-28-25(43-29(32)38)22(15-3-2-4-16(30)13-15)23-24(42-28)27(37)33(26(23)36)18-7-9-19(10-8-18)34(39)40/h2-13,22-24H,14H2,1H3,(H,31,35)/t22-,23-,24+/m0/s1. The van der Waals surface area contributed by atoms with Gasteiger partial charge in [-0.05, 0) is 54.1 Å². The summed E-state index contributed by atoms with van der Waals surface area (Å²) in [4.78, 5) is 66.0. The van der Waals surface area contributed by atoms with E-state index in [0.29, 0.717) is 21.3 Å². The van der Waals surface area contributed by atoms with Crippen LogP contribution in [0.4, 0.5) is 17.1 Å². The number of thioether (sulfide) groups is 1. The van der Waals surface area contributed by atoms with Crippen LogP contribution in [0.5, 0.6) is 5.75 Å². The van der Waals surface area contributed by atoms with Gasteiger partial charge in [0.25, 0.3) is 5.69 Å². The Hall–Kier alpha value is -4.27. The van der Waals surface area contributed by atoms with Crippen LogP contribution >= 0.6 is 39.0 Å². The summed E-state index contributed by atoms with van der Waals surface area (Å²) in [6.07, 6.45) is 0. The molecular weight excluding hydrogens is 660 g/mol. The minimum Gasteiger partial charge on any atom is -0.497 e. The molecule has 6 rings (SSSR count). The van der Waals surface area contributed by atoms with Gasteiger partial charge in [0.15, 0.2) is 0 Å². The first-order valence-corrected chi connectivity index (χ1v) is 15.4. The van der Waals surface area contributed by atoms with Gasteiger partial charge in [0.1, 0.15) is 17.5 Å². The number of rotatable bonds is 7. The lowest BCUT2D eigenvalue weighted by atomic mass is 9.83. The lowest BCUT2D eigenvalue weighted by Crippen LogP contribution is -2.33. The van der Waals surface area contributed by atoms with Crippen molar-refractivity contribution in [1.29, 1.82) is 0 Å². The van der Waals surface area contributed by atoms with Crippen LogP contribution in [0.2, 0.25) is 0 Å². The number of nitrogens with zero attached hydrogens (tertiary/aromatic N) is 3. The van der Waals surface area contributed by atoms with Crippen molar-refractivity contribution in [2.45, 2.75) is 22.7 Å². The molecule has 0 unspecified atom stereocenters. The molecule has 14 heteroatoms. The summed E-state index contributed by atoms with van der Waals surface area (Å²) in [5, 5.41) is 13.5. The van der Waals surface area contributed by atoms with E-state index in [2.05, 4.69) is 21.2 Å². The van der Waals surface area contributed by atoms with Crippen LogP contribution in [-0.4, -0.2) is 39.6 Å². The third kappa shape index (κ3) is 5.26. The van der Waals surface area contributed by atoms with Crippen LogP contribution in [0.1, 0.15) is 16.4 Å². The lowest BCUT2D eigenvalue weighted by molar-refractivity contribution is -0.384. The van der Waals surface area contributed by atoms with Crippen molar-refractivity contribution >= 4 is 73.8 Å². The van der Waals surface area contributed by atoms with Crippen molar-refractivity contribution in [3.05, 3.63) is 107 Å². The van der Waals surface area contributed by atoms with E-state index in [4.69, 9.17) is 4.74 Å². The molecule has 1 saturated heterocycles. The molecule has 3 heterocycles. The fourth-order valence-corrected chi connectivity index (χ4v) is 8.50. The minimum atomic E-state index is -0.885. The maximum absolute atomic E-state index is 14.0. The minimum absolute atomic E-state index is 0.166. The molecule has 1 aromatic heterocycles. The maximum atomic E-state index is 14.0. The topological polar surface area (TPSA) is 141 Å². The van der Waals surface area contributed by atoms with Gasteiger partial charge in [-0.3, -0.25) is 33.9 Å². The van der Waals surface area contributed by atoms with E-state index in [-0.39, 0.29) is 22.8 Å². The van der Waals surface area contributed by atoms with Crippen LogP contribution in [0.25, 0.3) is 0 Å². The number of nitro benzene ring substituents is 1. The summed E-state index contributed by atoms with van der Waals surface area (Å²) >= 11 is 5.53. The zero-order valence-corrected chi connectivity index (χ0v) is 25.5. The number of non-ortho nitro benzene ring substituents is 1. The fraction of sp³-hybridized carbons (Fsp3) is 0.172. The van der Waals surface area contributed by atoms with Gasteiger partial charge in [-0.25, -0.2) is 4.90 Å². The second-order valence-electron chi connectivity index (χ2n) is 9.78. The molecule has 11 nitrogen and oxygen atoms in total. The van der Waals surface area contributed by atoms with Gasteiger partial charge in [0, 0.05) is 33.1 Å². The van der Waals surface area contributed by atoms with Gasteiger partial charge in [0.05, 0.1) is 28.7 Å². The van der Waals surface area contributed by atoms with Crippen molar-refractivity contribution in [3.63, 3.8) is 0 Å². The number of carbonyl (C=O) groups is 3. The first-order chi connectivity index (χ1) is 20.7. The number of carbonyl (C=O) groups excluding carboxylic acids is 3. The largest absolute Gasteiger partial charge is 0.497 e. The number of ether oxygens (including phenoxy) is 1. The first kappa shape index (κ1) is 28.8. The van der Waals surface area contributed by atoms with E-state index in [9.17, 15) is 29.3 Å². The molecule has 0 bridgehead atoms. The van der Waals surface area contributed by atoms with E-state index in [1.54, 1.807) is 24.3 Å². The summed E-state index contributed by atoms with van der Waals surface area (Å²) in [5.74, 6) is -2.24. The maximum Gasteiger partial charge on any atom is 0.308 e. The highest BCUT2D eigenvalue weighted by Crippen LogP contribution is 2.54. The van der Waals surface area contributed by atoms with Gasteiger partial charge in [0.2, 0.25) is 17.7 Å². The fourth-order valence-electron chi connectivity index (χ4n) is 5.31. The second kappa shape index (κ2) is 11.4. The molecule has 3 atom stereocenters. The van der Waals surface area contributed by atoms with Gasteiger partial charge < -0.3 is 10.1 Å². The quantitative estimate of drug-likeness (QED) is 0.163. The average Bonchev–Trinajstić information content (AvgIpc) is 3.43. The Kier molecular flexibility index (Phi) is 7.66. The molecule has 0 aliphatic carbocycles. The van der Waals surface area contributed by atoms with Gasteiger partial charge in [-0.15, -0.1) is 0 Å². The molecule has 2 aliphatic heterocycles. The average molecular weight is 682 g/mol. The SMILES string of the molecule is COc1ccc(NC(=O)Cn2c3c(sc2=O)[C@@H](c2cccc(Br)c2)[C@@H]2C(=O)N(c4ccc([N+](=O)[O-])cc4)C(=O)[C@@H]2S3)cc1. The van der Waals surface area contributed by atoms with E-state index < -0.39 is 39.7 Å². The number of fused-ring (bicyclic) bond motifs is 2. The van der Waals surface area contributed by atoms with Crippen LogP contribution < -0.4 is 19.8 Å². The predicted molar refractivity (Wildman–Crippen MR) is 165 cm³/mol. The van der Waals surface area contributed by atoms with E-state index in [1.165, 1.54) is 35.9 Å². The summed E-state index contributed by atoms with van der Waals surface area (Å²) in [6.45, 7) is -0.291. The van der Waals surface area contributed by atoms with E-state index in [0.717, 1.165) is 38.0 Å². The van der Waals surface area contributed by atoms with Gasteiger partial charge >= 0.3 is 4.87 Å². The van der Waals surface area contributed by atoms with Crippen molar-refractivity contribution in [2.24, 2.45) is 5.92 Å². The van der Waals surface area contributed by atoms with Gasteiger partial charge in [-0.1, -0.05) is 51.2 Å². The van der Waals surface area contributed by atoms with Crippen LogP contribution in [0, 0.1) is 16.0 Å². The molecule has 2 aliphatic rings. The monoisotopic (exact) mass is 680 g/mol. The Labute approximate surface area is 260 Å². The van der Waals surface area contributed by atoms with Crippen molar-refractivity contribution in [1.82, 2.24) is 4.57 Å². The molecule has 0 spiro atoms. The predicted octanol–water partition coefficient (Wildman–Crippen LogP) is 5.02. The summed E-state index contributed by atoms with van der Waals surface area (Å²) in [5.41, 5.74) is 1.32. The van der Waals surface area contributed by atoms with Crippen LogP contribution in [0.15, 0.2) is 87.1 Å². The Morgan fingerprint density at radius 2 is 1.77 bits per heavy atom. The number of halogens is 1.